The minimum Gasteiger partial charge on any atom is -0.399 e. The number of rotatable bonds is 2. The first-order chi connectivity index (χ1) is 7.18. The molecule has 2 rings (SSSR count). The van der Waals surface area contributed by atoms with E-state index in [2.05, 4.69) is 5.32 Å². The first kappa shape index (κ1) is 10.4. The molecule has 1 heterocycles. The molecule has 0 spiro atoms. The third-order valence-corrected chi connectivity index (χ3v) is 3.48. The lowest BCUT2D eigenvalue weighted by Gasteiger charge is -2.13. The van der Waals surface area contributed by atoms with Crippen molar-refractivity contribution in [2.75, 3.05) is 12.3 Å². The van der Waals surface area contributed by atoms with Crippen molar-refractivity contribution in [1.29, 1.82) is 0 Å². The Balaban J connectivity index is 2.46. The van der Waals surface area contributed by atoms with Crippen molar-refractivity contribution in [3.8, 4) is 0 Å². The Labute approximate surface area is 90.4 Å². The van der Waals surface area contributed by atoms with Crippen LogP contribution in [-0.4, -0.2) is 15.0 Å². The number of hydrogen-bond donors (Lipinski definition) is 3. The van der Waals surface area contributed by atoms with Crippen LogP contribution < -0.4 is 11.1 Å². The molecule has 1 aromatic rings. The third kappa shape index (κ3) is 2.13. The fraction of sp³-hybridized carbons (Fsp3) is 0.400. The Morgan fingerprint density at radius 3 is 2.80 bits per heavy atom. The molecule has 0 aromatic heterocycles. The molecule has 0 unspecified atom stereocenters. The molecule has 0 bridgehead atoms. The standard InChI is InChI=1S/C10H14N2O2S/c11-7-3-4-10(15(13)14)8(6-7)9-2-1-5-12-9/h3-4,6,9,12,15H,1-2,5,11H2/t9-/m0/s1. The maximum Gasteiger partial charge on any atom is 0.168 e. The number of nitrogens with two attached hydrogens (primary N) is 1. The largest absolute Gasteiger partial charge is 0.399 e. The van der Waals surface area contributed by atoms with E-state index in [9.17, 15) is 8.42 Å². The van der Waals surface area contributed by atoms with E-state index in [4.69, 9.17) is 5.73 Å². The van der Waals surface area contributed by atoms with Gasteiger partial charge in [0.2, 0.25) is 0 Å². The Bertz CT molecular complexity index is 429. The van der Waals surface area contributed by atoms with E-state index in [0.717, 1.165) is 24.9 Å². The molecule has 1 saturated heterocycles. The molecule has 0 radical (unpaired) electrons. The Morgan fingerprint density at radius 1 is 1.40 bits per heavy atom. The minimum absolute atomic E-state index is 0.136. The summed E-state index contributed by atoms with van der Waals surface area (Å²) in [7, 11) is -2.54. The van der Waals surface area contributed by atoms with Gasteiger partial charge in [-0.3, -0.25) is 0 Å². The van der Waals surface area contributed by atoms with Crippen LogP contribution in [0.3, 0.4) is 0 Å². The first-order valence-electron chi connectivity index (χ1n) is 4.95. The summed E-state index contributed by atoms with van der Waals surface area (Å²) >= 11 is 0. The van der Waals surface area contributed by atoms with Gasteiger partial charge < -0.3 is 11.1 Å². The fourth-order valence-corrected chi connectivity index (χ4v) is 2.60. The van der Waals surface area contributed by atoms with Gasteiger partial charge in [-0.15, -0.1) is 0 Å². The summed E-state index contributed by atoms with van der Waals surface area (Å²) in [5.74, 6) is 0. The molecule has 4 nitrogen and oxygen atoms in total. The van der Waals surface area contributed by atoms with Crippen LogP contribution >= 0.6 is 0 Å². The number of benzene rings is 1. The average molecular weight is 226 g/mol. The lowest BCUT2D eigenvalue weighted by Crippen LogP contribution is -2.14. The van der Waals surface area contributed by atoms with E-state index in [-0.39, 0.29) is 6.04 Å². The van der Waals surface area contributed by atoms with Crippen LogP contribution in [-0.2, 0) is 10.7 Å². The Hall–Kier alpha value is -1.07. The van der Waals surface area contributed by atoms with E-state index in [1.54, 1.807) is 18.2 Å². The molecule has 1 aliphatic rings. The second kappa shape index (κ2) is 4.20. The summed E-state index contributed by atoms with van der Waals surface area (Å²) in [4.78, 5) is 0.388. The maximum absolute atomic E-state index is 11.1. The smallest absolute Gasteiger partial charge is 0.168 e. The van der Waals surface area contributed by atoms with E-state index in [1.165, 1.54) is 0 Å². The summed E-state index contributed by atoms with van der Waals surface area (Å²) in [5.41, 5.74) is 7.09. The van der Waals surface area contributed by atoms with Crippen LogP contribution in [0.1, 0.15) is 24.4 Å². The van der Waals surface area contributed by atoms with Crippen LogP contribution in [0.2, 0.25) is 0 Å². The predicted octanol–water partition coefficient (Wildman–Crippen LogP) is 0.664. The highest BCUT2D eigenvalue weighted by atomic mass is 32.2. The second-order valence-electron chi connectivity index (χ2n) is 3.72. The summed E-state index contributed by atoms with van der Waals surface area (Å²) in [6.45, 7) is 0.939. The van der Waals surface area contributed by atoms with E-state index in [0.29, 0.717) is 10.6 Å². The van der Waals surface area contributed by atoms with Gasteiger partial charge in [0, 0.05) is 11.7 Å². The number of thiol groups is 1. The molecule has 1 atom stereocenters. The van der Waals surface area contributed by atoms with E-state index < -0.39 is 10.7 Å². The predicted molar refractivity (Wildman–Crippen MR) is 59.4 cm³/mol. The van der Waals surface area contributed by atoms with Crippen molar-refractivity contribution < 1.29 is 8.42 Å². The second-order valence-corrected chi connectivity index (χ2v) is 4.72. The van der Waals surface area contributed by atoms with Gasteiger partial charge in [0.25, 0.3) is 0 Å². The van der Waals surface area contributed by atoms with Gasteiger partial charge in [-0.2, -0.15) is 0 Å². The highest BCUT2D eigenvalue weighted by molar-refractivity contribution is 7.72. The molecule has 82 valence electrons. The first-order valence-corrected chi connectivity index (χ1v) is 6.13. The highest BCUT2D eigenvalue weighted by Gasteiger charge is 2.20. The zero-order valence-corrected chi connectivity index (χ0v) is 9.17. The Morgan fingerprint density at radius 2 is 2.20 bits per heavy atom. The van der Waals surface area contributed by atoms with Crippen molar-refractivity contribution in [3.63, 3.8) is 0 Å². The summed E-state index contributed by atoms with van der Waals surface area (Å²) < 4.78 is 22.1. The lowest BCUT2D eigenvalue weighted by atomic mass is 10.0. The monoisotopic (exact) mass is 226 g/mol. The summed E-state index contributed by atoms with van der Waals surface area (Å²) in [6, 6.07) is 5.09. The van der Waals surface area contributed by atoms with Gasteiger partial charge in [0.05, 0.1) is 4.90 Å². The van der Waals surface area contributed by atoms with Gasteiger partial charge in [0.1, 0.15) is 0 Å². The van der Waals surface area contributed by atoms with Crippen molar-refractivity contribution in [1.82, 2.24) is 5.32 Å². The molecule has 0 amide bonds. The molecule has 5 heteroatoms. The topological polar surface area (TPSA) is 72.2 Å². The molecule has 15 heavy (non-hydrogen) atoms. The number of anilines is 1. The van der Waals surface area contributed by atoms with E-state index >= 15 is 0 Å². The molecule has 0 aliphatic carbocycles. The number of nitrogen functional groups attached to an aromatic ring is 1. The molecule has 3 N–H and O–H groups in total. The van der Waals surface area contributed by atoms with Gasteiger partial charge in [-0.25, -0.2) is 8.42 Å². The molecule has 1 aliphatic heterocycles. The average Bonchev–Trinajstić information content (AvgIpc) is 2.69. The van der Waals surface area contributed by atoms with Crippen molar-refractivity contribution in [3.05, 3.63) is 23.8 Å². The number of nitrogens with one attached hydrogen (secondary N) is 1. The Kier molecular flexibility index (Phi) is 2.93. The quantitative estimate of drug-likeness (QED) is 0.512. The van der Waals surface area contributed by atoms with Crippen LogP contribution in [0.5, 0.6) is 0 Å². The van der Waals surface area contributed by atoms with E-state index in [1.807, 2.05) is 0 Å². The minimum atomic E-state index is -2.54. The van der Waals surface area contributed by atoms with Gasteiger partial charge in [-0.05, 0) is 43.1 Å². The third-order valence-electron chi connectivity index (χ3n) is 2.68. The van der Waals surface area contributed by atoms with Crippen LogP contribution in [0.4, 0.5) is 5.69 Å². The zero-order chi connectivity index (χ0) is 10.8. The lowest BCUT2D eigenvalue weighted by molar-refractivity contribution is 0.602. The highest BCUT2D eigenvalue weighted by Crippen LogP contribution is 2.28. The van der Waals surface area contributed by atoms with Gasteiger partial charge in [0.15, 0.2) is 10.7 Å². The summed E-state index contributed by atoms with van der Waals surface area (Å²) in [5, 5.41) is 3.27. The van der Waals surface area contributed by atoms with Gasteiger partial charge in [-0.1, -0.05) is 0 Å². The van der Waals surface area contributed by atoms with Crippen LogP contribution in [0.25, 0.3) is 0 Å². The molecular weight excluding hydrogens is 212 g/mol. The SMILES string of the molecule is Nc1ccc([SH](=O)=O)c([C@@H]2CCCN2)c1. The maximum atomic E-state index is 11.1. The van der Waals surface area contributed by atoms with Crippen molar-refractivity contribution in [2.24, 2.45) is 0 Å². The molecule has 0 saturated carbocycles. The normalized spacial score (nSPS) is 21.0. The number of hydrogen-bond acceptors (Lipinski definition) is 4. The molecular formula is C10H14N2O2S. The molecule has 1 aromatic carbocycles. The molecule has 1 fully saturated rings. The fourth-order valence-electron chi connectivity index (χ4n) is 1.97. The van der Waals surface area contributed by atoms with Crippen molar-refractivity contribution >= 4 is 16.4 Å². The summed E-state index contributed by atoms with van der Waals surface area (Å²) in [6.07, 6.45) is 2.05. The zero-order valence-electron chi connectivity index (χ0n) is 8.27. The van der Waals surface area contributed by atoms with Gasteiger partial charge >= 0.3 is 0 Å². The van der Waals surface area contributed by atoms with Crippen LogP contribution in [0.15, 0.2) is 23.1 Å². The van der Waals surface area contributed by atoms with Crippen molar-refractivity contribution in [2.45, 2.75) is 23.8 Å². The van der Waals surface area contributed by atoms with Crippen LogP contribution in [0, 0.1) is 0 Å².